The van der Waals surface area contributed by atoms with Gasteiger partial charge in [0.15, 0.2) is 5.69 Å². The van der Waals surface area contributed by atoms with Crippen LogP contribution in [0, 0.1) is 0 Å². The monoisotopic (exact) mass is 442 g/mol. The van der Waals surface area contributed by atoms with Crippen LogP contribution in [0.4, 0.5) is 16.3 Å². The van der Waals surface area contributed by atoms with E-state index in [-0.39, 0.29) is 5.69 Å². The molecule has 5 rings (SSSR count). The third-order valence-electron chi connectivity index (χ3n) is 5.75. The van der Waals surface area contributed by atoms with Crippen molar-refractivity contribution in [3.63, 3.8) is 0 Å². The number of anilines is 2. The lowest BCUT2D eigenvalue weighted by Gasteiger charge is -2.27. The third-order valence-corrected chi connectivity index (χ3v) is 5.75. The molecule has 9 nitrogen and oxygen atoms in total. The van der Waals surface area contributed by atoms with Crippen LogP contribution in [0.15, 0.2) is 61.1 Å². The van der Waals surface area contributed by atoms with E-state index in [2.05, 4.69) is 25.3 Å². The molecule has 0 aliphatic carbocycles. The average Bonchev–Trinajstić information content (AvgIpc) is 3.25. The molecule has 1 aromatic carbocycles. The van der Waals surface area contributed by atoms with Crippen LogP contribution in [0.1, 0.15) is 29.8 Å². The molecule has 1 saturated heterocycles. The minimum atomic E-state index is -1.20. The predicted octanol–water partition coefficient (Wildman–Crippen LogP) is 4.26. The smallest absolute Gasteiger partial charge is 0.357 e. The number of aromatic nitrogens is 4. The Bertz CT molecular complexity index is 1330. The van der Waals surface area contributed by atoms with Crippen LogP contribution < -0.4 is 10.2 Å². The SMILES string of the molecule is O=C(O)c1nn(C(=O)Nc2ccnc(N3CCCCC3)c2)c2ccc(-c3cccnc3)cc12. The van der Waals surface area contributed by atoms with Gasteiger partial charge in [-0.1, -0.05) is 12.1 Å². The van der Waals surface area contributed by atoms with Crippen molar-refractivity contribution in [2.75, 3.05) is 23.3 Å². The van der Waals surface area contributed by atoms with Crippen molar-refractivity contribution in [3.8, 4) is 11.1 Å². The summed E-state index contributed by atoms with van der Waals surface area (Å²) in [5.74, 6) is -0.392. The summed E-state index contributed by atoms with van der Waals surface area (Å²) in [4.78, 5) is 35.6. The second-order valence-electron chi connectivity index (χ2n) is 7.92. The van der Waals surface area contributed by atoms with Gasteiger partial charge in [0.1, 0.15) is 5.82 Å². The fourth-order valence-electron chi connectivity index (χ4n) is 4.11. The third kappa shape index (κ3) is 4.12. The van der Waals surface area contributed by atoms with E-state index in [4.69, 9.17) is 0 Å². The van der Waals surface area contributed by atoms with Crippen molar-refractivity contribution in [1.29, 1.82) is 0 Å². The number of carbonyl (C=O) groups excluding carboxylic acids is 1. The van der Waals surface area contributed by atoms with Crippen LogP contribution in [0.2, 0.25) is 0 Å². The number of piperidine rings is 1. The van der Waals surface area contributed by atoms with Gasteiger partial charge < -0.3 is 15.3 Å². The lowest BCUT2D eigenvalue weighted by molar-refractivity contribution is 0.0692. The number of carboxylic acid groups (broad SMARTS) is 1. The predicted molar refractivity (Wildman–Crippen MR) is 125 cm³/mol. The largest absolute Gasteiger partial charge is 0.476 e. The molecule has 0 saturated carbocycles. The number of nitrogens with one attached hydrogen (secondary N) is 1. The minimum Gasteiger partial charge on any atom is -0.476 e. The number of rotatable bonds is 4. The highest BCUT2D eigenvalue weighted by molar-refractivity contribution is 6.06. The van der Waals surface area contributed by atoms with Crippen molar-refractivity contribution in [2.45, 2.75) is 19.3 Å². The van der Waals surface area contributed by atoms with Gasteiger partial charge in [-0.15, -0.1) is 0 Å². The number of benzene rings is 1. The molecule has 1 amide bonds. The summed E-state index contributed by atoms with van der Waals surface area (Å²) in [7, 11) is 0. The van der Waals surface area contributed by atoms with E-state index in [1.165, 1.54) is 6.42 Å². The standard InChI is InChI=1S/C24H22N6O3/c31-23(32)22-19-13-16(17-5-4-9-25-15-17)6-7-20(19)30(28-22)24(33)27-18-8-10-26-21(14-18)29-11-2-1-3-12-29/h4-10,13-15H,1-3,11-12H2,(H,31,32)(H,26,27,33). The molecule has 1 aliphatic heterocycles. The summed E-state index contributed by atoms with van der Waals surface area (Å²) in [6, 6.07) is 11.9. The second kappa shape index (κ2) is 8.70. The van der Waals surface area contributed by atoms with Crippen LogP contribution in [0.25, 0.3) is 22.0 Å². The topological polar surface area (TPSA) is 113 Å². The molecule has 1 fully saturated rings. The maximum atomic E-state index is 13.1. The van der Waals surface area contributed by atoms with Crippen molar-refractivity contribution >= 4 is 34.4 Å². The van der Waals surface area contributed by atoms with Gasteiger partial charge in [0.2, 0.25) is 0 Å². The van der Waals surface area contributed by atoms with Crippen molar-refractivity contribution < 1.29 is 14.7 Å². The maximum Gasteiger partial charge on any atom is 0.357 e. The Labute approximate surface area is 189 Å². The van der Waals surface area contributed by atoms with Crippen molar-refractivity contribution in [3.05, 3.63) is 66.7 Å². The number of aromatic carboxylic acids is 1. The van der Waals surface area contributed by atoms with E-state index in [1.807, 2.05) is 18.2 Å². The zero-order valence-corrected chi connectivity index (χ0v) is 17.8. The van der Waals surface area contributed by atoms with Crippen LogP contribution in [0.5, 0.6) is 0 Å². The molecule has 4 aromatic rings. The summed E-state index contributed by atoms with van der Waals surface area (Å²) < 4.78 is 1.09. The van der Waals surface area contributed by atoms with E-state index >= 15 is 0 Å². The molecule has 33 heavy (non-hydrogen) atoms. The normalized spacial score (nSPS) is 13.8. The Hall–Kier alpha value is -4.27. The first-order chi connectivity index (χ1) is 16.1. The van der Waals surface area contributed by atoms with E-state index in [0.29, 0.717) is 16.6 Å². The fourth-order valence-corrected chi connectivity index (χ4v) is 4.11. The summed E-state index contributed by atoms with van der Waals surface area (Å²) in [5.41, 5.74) is 2.42. The Balaban J connectivity index is 1.47. The lowest BCUT2D eigenvalue weighted by Crippen LogP contribution is -2.30. The zero-order valence-electron chi connectivity index (χ0n) is 17.8. The summed E-state index contributed by atoms with van der Waals surface area (Å²) in [5, 5.41) is 17.0. The molecule has 0 unspecified atom stereocenters. The Morgan fingerprint density at radius 1 is 0.970 bits per heavy atom. The van der Waals surface area contributed by atoms with Gasteiger partial charge in [-0.25, -0.2) is 14.6 Å². The number of nitrogens with zero attached hydrogens (tertiary/aromatic N) is 5. The molecule has 3 aromatic heterocycles. The average molecular weight is 442 g/mol. The number of pyridine rings is 2. The number of carboxylic acids is 1. The molecular formula is C24H22N6O3. The van der Waals surface area contributed by atoms with E-state index in [1.54, 1.807) is 42.9 Å². The molecule has 0 bridgehead atoms. The molecular weight excluding hydrogens is 420 g/mol. The van der Waals surface area contributed by atoms with Crippen LogP contribution in [-0.2, 0) is 0 Å². The van der Waals surface area contributed by atoms with Gasteiger partial charge in [0.25, 0.3) is 0 Å². The number of hydrogen-bond acceptors (Lipinski definition) is 6. The number of carbonyl (C=O) groups is 2. The molecule has 0 atom stereocenters. The molecule has 0 spiro atoms. The summed E-state index contributed by atoms with van der Waals surface area (Å²) >= 11 is 0. The maximum absolute atomic E-state index is 13.1. The molecule has 1 aliphatic rings. The summed E-state index contributed by atoms with van der Waals surface area (Å²) in [6.07, 6.45) is 8.48. The highest BCUT2D eigenvalue weighted by Gasteiger charge is 2.21. The second-order valence-corrected chi connectivity index (χ2v) is 7.92. The quantitative estimate of drug-likeness (QED) is 0.485. The van der Waals surface area contributed by atoms with Crippen LogP contribution >= 0.6 is 0 Å². The highest BCUT2D eigenvalue weighted by atomic mass is 16.4. The van der Waals surface area contributed by atoms with Gasteiger partial charge >= 0.3 is 12.0 Å². The molecule has 9 heteroatoms. The van der Waals surface area contributed by atoms with Crippen molar-refractivity contribution in [2.24, 2.45) is 0 Å². The van der Waals surface area contributed by atoms with Gasteiger partial charge in [-0.2, -0.15) is 9.78 Å². The van der Waals surface area contributed by atoms with Gasteiger partial charge in [-0.3, -0.25) is 4.98 Å². The van der Waals surface area contributed by atoms with E-state index in [0.717, 1.165) is 47.6 Å². The first-order valence-corrected chi connectivity index (χ1v) is 10.8. The highest BCUT2D eigenvalue weighted by Crippen LogP contribution is 2.27. The molecule has 2 N–H and O–H groups in total. The zero-order chi connectivity index (χ0) is 22.8. The van der Waals surface area contributed by atoms with Gasteiger partial charge in [-0.05, 0) is 49.1 Å². The van der Waals surface area contributed by atoms with Gasteiger partial charge in [0, 0.05) is 54.4 Å². The van der Waals surface area contributed by atoms with E-state index < -0.39 is 12.0 Å². The summed E-state index contributed by atoms with van der Waals surface area (Å²) in [6.45, 7) is 1.88. The van der Waals surface area contributed by atoms with Gasteiger partial charge in [0.05, 0.1) is 5.52 Å². The number of hydrogen-bond donors (Lipinski definition) is 2. The van der Waals surface area contributed by atoms with E-state index in [9.17, 15) is 14.7 Å². The fraction of sp³-hybridized carbons (Fsp3) is 0.208. The number of fused-ring (bicyclic) bond motifs is 1. The first kappa shape index (κ1) is 20.6. The lowest BCUT2D eigenvalue weighted by atomic mass is 10.0. The van der Waals surface area contributed by atoms with Crippen LogP contribution in [-0.4, -0.2) is 49.9 Å². The molecule has 166 valence electrons. The first-order valence-electron chi connectivity index (χ1n) is 10.8. The Morgan fingerprint density at radius 2 is 1.82 bits per heavy atom. The Morgan fingerprint density at radius 3 is 2.58 bits per heavy atom. The molecule has 4 heterocycles. The number of amides is 1. The Kier molecular flexibility index (Phi) is 5.43. The van der Waals surface area contributed by atoms with Crippen molar-refractivity contribution in [1.82, 2.24) is 19.7 Å². The van der Waals surface area contributed by atoms with Crippen LogP contribution in [0.3, 0.4) is 0 Å². The minimum absolute atomic E-state index is 0.186. The molecule has 0 radical (unpaired) electrons.